The monoisotopic (exact) mass is 281 g/mol. The highest BCUT2D eigenvalue weighted by Crippen LogP contribution is 2.32. The third kappa shape index (κ3) is 3.58. The van der Waals surface area contributed by atoms with Gasteiger partial charge >= 0.3 is 0 Å². The zero-order valence-corrected chi connectivity index (χ0v) is 13.3. The van der Waals surface area contributed by atoms with Crippen molar-refractivity contribution in [2.75, 3.05) is 5.32 Å². The first kappa shape index (κ1) is 14.4. The zero-order valence-electron chi connectivity index (χ0n) is 13.3. The van der Waals surface area contributed by atoms with Gasteiger partial charge in [-0.3, -0.25) is 0 Å². The van der Waals surface area contributed by atoms with Crippen molar-refractivity contribution in [1.82, 2.24) is 0 Å². The minimum absolute atomic E-state index is 0.647. The molecule has 0 aliphatic heterocycles. The molecular weight excluding hydrogens is 254 g/mol. The summed E-state index contributed by atoms with van der Waals surface area (Å²) in [4.78, 5) is 0. The second kappa shape index (κ2) is 6.51. The molecule has 1 N–H and O–H groups in total. The molecular formula is C20H27N. The zero-order chi connectivity index (χ0) is 14.7. The van der Waals surface area contributed by atoms with Crippen LogP contribution in [-0.4, -0.2) is 6.04 Å². The molecule has 0 bridgehead atoms. The highest BCUT2D eigenvalue weighted by molar-refractivity contribution is 5.93. The van der Waals surface area contributed by atoms with Crippen molar-refractivity contribution in [3.8, 4) is 0 Å². The minimum atomic E-state index is 0.647. The predicted octanol–water partition coefficient (Wildman–Crippen LogP) is 5.86. The Morgan fingerprint density at radius 1 is 1.05 bits per heavy atom. The van der Waals surface area contributed by atoms with Gasteiger partial charge < -0.3 is 5.32 Å². The molecule has 112 valence electrons. The number of hydrogen-bond acceptors (Lipinski definition) is 1. The third-order valence-electron chi connectivity index (χ3n) is 4.74. The van der Waals surface area contributed by atoms with E-state index in [0.29, 0.717) is 6.04 Å². The maximum atomic E-state index is 3.83. The molecule has 1 heteroatoms. The molecule has 2 atom stereocenters. The Kier molecular flexibility index (Phi) is 4.48. The van der Waals surface area contributed by atoms with Crippen molar-refractivity contribution in [1.29, 1.82) is 0 Å². The van der Waals surface area contributed by atoms with E-state index in [1.165, 1.54) is 48.6 Å². The molecule has 1 aliphatic rings. The molecule has 21 heavy (non-hydrogen) atoms. The van der Waals surface area contributed by atoms with E-state index in [2.05, 4.69) is 61.6 Å². The summed E-state index contributed by atoms with van der Waals surface area (Å²) in [5.41, 5.74) is 1.31. The molecule has 2 aromatic carbocycles. The van der Waals surface area contributed by atoms with Gasteiger partial charge in [0.2, 0.25) is 0 Å². The molecule has 3 rings (SSSR count). The maximum absolute atomic E-state index is 3.83. The number of rotatable bonds is 4. The van der Waals surface area contributed by atoms with Crippen LogP contribution in [0, 0.1) is 11.8 Å². The van der Waals surface area contributed by atoms with Gasteiger partial charge in [-0.15, -0.1) is 0 Å². The maximum Gasteiger partial charge on any atom is 0.0422 e. The summed E-state index contributed by atoms with van der Waals surface area (Å²) >= 11 is 0. The van der Waals surface area contributed by atoms with E-state index in [0.717, 1.165) is 11.8 Å². The van der Waals surface area contributed by atoms with Crippen LogP contribution in [-0.2, 0) is 0 Å². The highest BCUT2D eigenvalue weighted by atomic mass is 14.9. The number of hydrogen-bond donors (Lipinski definition) is 1. The van der Waals surface area contributed by atoms with Gasteiger partial charge in [-0.05, 0) is 42.6 Å². The molecule has 1 nitrogen and oxygen atoms in total. The van der Waals surface area contributed by atoms with E-state index in [-0.39, 0.29) is 0 Å². The number of fused-ring (bicyclic) bond motifs is 1. The standard InChI is InChI=1S/C20H27N/c1-15(2)13-16-7-5-10-18(14-16)21-20-12-6-9-17-8-3-4-11-19(17)20/h3-4,6,8-9,11-12,15-16,18,21H,5,7,10,13-14H2,1-2H3. The van der Waals surface area contributed by atoms with E-state index >= 15 is 0 Å². The summed E-state index contributed by atoms with van der Waals surface area (Å²) in [7, 11) is 0. The third-order valence-corrected chi connectivity index (χ3v) is 4.74. The van der Waals surface area contributed by atoms with Gasteiger partial charge in [0.25, 0.3) is 0 Å². The largest absolute Gasteiger partial charge is 0.382 e. The van der Waals surface area contributed by atoms with Crippen LogP contribution >= 0.6 is 0 Å². The first-order valence-electron chi connectivity index (χ1n) is 8.46. The van der Waals surface area contributed by atoms with Crippen LogP contribution in [0.2, 0.25) is 0 Å². The van der Waals surface area contributed by atoms with E-state index in [9.17, 15) is 0 Å². The van der Waals surface area contributed by atoms with E-state index < -0.39 is 0 Å². The SMILES string of the molecule is CC(C)CC1CCCC(Nc2cccc3ccccc23)C1. The second-order valence-corrected chi connectivity index (χ2v) is 7.03. The number of nitrogens with one attached hydrogen (secondary N) is 1. The van der Waals surface area contributed by atoms with Gasteiger partial charge in [-0.25, -0.2) is 0 Å². The molecule has 1 aliphatic carbocycles. The summed E-state index contributed by atoms with van der Waals surface area (Å²) in [6, 6.07) is 15.9. The molecule has 1 fully saturated rings. The van der Waals surface area contributed by atoms with Gasteiger partial charge in [-0.2, -0.15) is 0 Å². The molecule has 0 aromatic heterocycles. The van der Waals surface area contributed by atoms with Gasteiger partial charge in [-0.1, -0.05) is 63.1 Å². The summed E-state index contributed by atoms with van der Waals surface area (Å²) in [5.74, 6) is 1.73. The van der Waals surface area contributed by atoms with Crippen LogP contribution in [0.4, 0.5) is 5.69 Å². The summed E-state index contributed by atoms with van der Waals surface area (Å²) in [6.07, 6.45) is 6.83. The van der Waals surface area contributed by atoms with E-state index in [1.807, 2.05) is 0 Å². The molecule has 0 heterocycles. The molecule has 0 saturated heterocycles. The Hall–Kier alpha value is -1.50. The lowest BCUT2D eigenvalue weighted by Gasteiger charge is -2.31. The van der Waals surface area contributed by atoms with Gasteiger partial charge in [0.1, 0.15) is 0 Å². The lowest BCUT2D eigenvalue weighted by molar-refractivity contribution is 0.289. The van der Waals surface area contributed by atoms with Crippen molar-refractivity contribution in [2.45, 2.75) is 52.0 Å². The van der Waals surface area contributed by atoms with Crippen molar-refractivity contribution in [3.05, 3.63) is 42.5 Å². The van der Waals surface area contributed by atoms with Crippen LogP contribution in [0.5, 0.6) is 0 Å². The average molecular weight is 281 g/mol. The molecule has 1 saturated carbocycles. The summed E-state index contributed by atoms with van der Waals surface area (Å²) in [5, 5.41) is 6.51. The minimum Gasteiger partial charge on any atom is -0.382 e. The van der Waals surface area contributed by atoms with Crippen molar-refractivity contribution >= 4 is 16.5 Å². The smallest absolute Gasteiger partial charge is 0.0422 e. The van der Waals surface area contributed by atoms with Gasteiger partial charge in [0, 0.05) is 17.1 Å². The average Bonchev–Trinajstić information content (AvgIpc) is 2.47. The lowest BCUT2D eigenvalue weighted by atomic mass is 9.81. The normalized spacial score (nSPS) is 22.6. The first-order valence-corrected chi connectivity index (χ1v) is 8.46. The van der Waals surface area contributed by atoms with E-state index in [4.69, 9.17) is 0 Å². The Bertz CT molecular complexity index is 582. The molecule has 0 spiro atoms. The Labute approximate surface area is 128 Å². The first-order chi connectivity index (χ1) is 10.2. The fourth-order valence-electron chi connectivity index (χ4n) is 3.87. The van der Waals surface area contributed by atoms with Gasteiger partial charge in [0.15, 0.2) is 0 Å². The summed E-state index contributed by atoms with van der Waals surface area (Å²) in [6.45, 7) is 4.70. The number of benzene rings is 2. The quantitative estimate of drug-likeness (QED) is 0.740. The number of anilines is 1. The Morgan fingerprint density at radius 2 is 1.86 bits per heavy atom. The second-order valence-electron chi connectivity index (χ2n) is 7.03. The van der Waals surface area contributed by atoms with Crippen LogP contribution in [0.15, 0.2) is 42.5 Å². The van der Waals surface area contributed by atoms with Crippen LogP contribution in [0.25, 0.3) is 10.8 Å². The Balaban J connectivity index is 1.73. The van der Waals surface area contributed by atoms with Crippen LogP contribution in [0.3, 0.4) is 0 Å². The fourth-order valence-corrected chi connectivity index (χ4v) is 3.87. The molecule has 2 aromatic rings. The fraction of sp³-hybridized carbons (Fsp3) is 0.500. The molecule has 0 amide bonds. The Morgan fingerprint density at radius 3 is 2.71 bits per heavy atom. The lowest BCUT2D eigenvalue weighted by Crippen LogP contribution is -2.28. The van der Waals surface area contributed by atoms with Crippen LogP contribution in [0.1, 0.15) is 46.0 Å². The molecule has 2 unspecified atom stereocenters. The van der Waals surface area contributed by atoms with Crippen molar-refractivity contribution in [3.63, 3.8) is 0 Å². The van der Waals surface area contributed by atoms with E-state index in [1.54, 1.807) is 0 Å². The van der Waals surface area contributed by atoms with Crippen LogP contribution < -0.4 is 5.32 Å². The van der Waals surface area contributed by atoms with Gasteiger partial charge in [0.05, 0.1) is 0 Å². The topological polar surface area (TPSA) is 12.0 Å². The molecule has 0 radical (unpaired) electrons. The summed E-state index contributed by atoms with van der Waals surface area (Å²) < 4.78 is 0. The highest BCUT2D eigenvalue weighted by Gasteiger charge is 2.22. The predicted molar refractivity (Wildman–Crippen MR) is 92.8 cm³/mol. The van der Waals surface area contributed by atoms with Crippen molar-refractivity contribution in [2.24, 2.45) is 11.8 Å². The van der Waals surface area contributed by atoms with Crippen molar-refractivity contribution < 1.29 is 0 Å².